The Hall–Kier alpha value is -5.06. The van der Waals surface area contributed by atoms with E-state index in [-0.39, 0.29) is 42.5 Å². The largest absolute Gasteiger partial charge is 0.481 e. The number of aromatic nitrogens is 3. The van der Waals surface area contributed by atoms with Crippen LogP contribution in [0, 0.1) is 19.8 Å². The summed E-state index contributed by atoms with van der Waals surface area (Å²) in [6.45, 7) is 11.2. The molecule has 3 aromatic rings. The Balaban J connectivity index is 0.874. The number of rotatable bonds is 22. The zero-order valence-electron chi connectivity index (χ0n) is 39.5. The van der Waals surface area contributed by atoms with Crippen molar-refractivity contribution in [3.05, 3.63) is 64.6 Å². The van der Waals surface area contributed by atoms with E-state index >= 15 is 0 Å². The van der Waals surface area contributed by atoms with Crippen LogP contribution in [0.5, 0.6) is 0 Å². The van der Waals surface area contributed by atoms with Gasteiger partial charge < -0.3 is 45.2 Å². The SMILES string of the molecule is COC[C@@H]1C[C@@H](O)CN1C(=O)CCCCCNC(=O)CCCC(=O)N1CCN(c2cc([C@H](CC(=O)O)CN3CC[C@@H](CCc4ccc5c(n4)NCCC5)C3)cc(-n3nc(C)cc3C)c2)CC1. The predicted octanol–water partition coefficient (Wildman–Crippen LogP) is 4.86. The summed E-state index contributed by atoms with van der Waals surface area (Å²) in [5, 5.41) is 31.4. The van der Waals surface area contributed by atoms with Crippen LogP contribution >= 0.6 is 0 Å². The number of carbonyl (C=O) groups is 4. The number of hydrogen-bond acceptors (Lipinski definition) is 11. The number of piperazine rings is 1. The van der Waals surface area contributed by atoms with Gasteiger partial charge in [0, 0.05) is 108 Å². The number of aliphatic hydroxyl groups is 1. The molecule has 0 bridgehead atoms. The number of carboxylic acid groups (broad SMARTS) is 1. The Bertz CT molecular complexity index is 2120. The monoisotopic (exact) mass is 912 g/mol. The summed E-state index contributed by atoms with van der Waals surface area (Å²) in [7, 11) is 1.60. The Labute approximate surface area is 390 Å². The molecule has 66 heavy (non-hydrogen) atoms. The lowest BCUT2D eigenvalue weighted by molar-refractivity contribution is -0.137. The maximum atomic E-state index is 13.3. The molecule has 6 heterocycles. The lowest BCUT2D eigenvalue weighted by Gasteiger charge is -2.37. The number of nitrogens with one attached hydrogen (secondary N) is 2. The molecule has 2 aromatic heterocycles. The quantitative estimate of drug-likeness (QED) is 0.101. The molecule has 16 heteroatoms. The number of unbranched alkanes of at least 4 members (excludes halogenated alkanes) is 2. The van der Waals surface area contributed by atoms with E-state index in [0.717, 1.165) is 111 Å². The number of carboxylic acids is 1. The van der Waals surface area contributed by atoms with Gasteiger partial charge in [0.2, 0.25) is 17.7 Å². The van der Waals surface area contributed by atoms with E-state index in [9.17, 15) is 29.4 Å². The molecule has 4 aliphatic heterocycles. The Morgan fingerprint density at radius 2 is 1.73 bits per heavy atom. The molecule has 16 nitrogen and oxygen atoms in total. The van der Waals surface area contributed by atoms with Crippen molar-refractivity contribution in [3.63, 3.8) is 0 Å². The molecular formula is C50H73N9O7. The van der Waals surface area contributed by atoms with Crippen molar-refractivity contribution in [2.45, 2.75) is 122 Å². The van der Waals surface area contributed by atoms with Crippen LogP contribution in [-0.2, 0) is 36.8 Å². The predicted molar refractivity (Wildman–Crippen MR) is 254 cm³/mol. The number of anilines is 2. The lowest BCUT2D eigenvalue weighted by atomic mass is 9.93. The lowest BCUT2D eigenvalue weighted by Crippen LogP contribution is -2.48. The number of aliphatic hydroxyl groups excluding tert-OH is 1. The van der Waals surface area contributed by atoms with E-state index in [1.165, 1.54) is 5.56 Å². The number of pyridine rings is 1. The number of likely N-dealkylation sites (tertiary alicyclic amines) is 2. The minimum absolute atomic E-state index is 0.0258. The molecule has 0 saturated carbocycles. The van der Waals surface area contributed by atoms with Crippen LogP contribution in [0.4, 0.5) is 11.5 Å². The van der Waals surface area contributed by atoms with Crippen molar-refractivity contribution in [1.29, 1.82) is 0 Å². The molecule has 3 saturated heterocycles. The van der Waals surface area contributed by atoms with Gasteiger partial charge in [0.25, 0.3) is 0 Å². The van der Waals surface area contributed by atoms with E-state index in [0.29, 0.717) is 84.0 Å². The first kappa shape index (κ1) is 48.9. The molecule has 360 valence electrons. The summed E-state index contributed by atoms with van der Waals surface area (Å²) >= 11 is 0. The summed E-state index contributed by atoms with van der Waals surface area (Å²) < 4.78 is 7.15. The van der Waals surface area contributed by atoms with Crippen LogP contribution in [0.3, 0.4) is 0 Å². The fourth-order valence-electron chi connectivity index (χ4n) is 10.4. The van der Waals surface area contributed by atoms with E-state index in [1.54, 1.807) is 12.0 Å². The van der Waals surface area contributed by atoms with Crippen LogP contribution in [0.15, 0.2) is 36.4 Å². The zero-order valence-corrected chi connectivity index (χ0v) is 39.5. The molecule has 3 amide bonds. The average molecular weight is 912 g/mol. The summed E-state index contributed by atoms with van der Waals surface area (Å²) in [4.78, 5) is 64.2. The Morgan fingerprint density at radius 3 is 2.50 bits per heavy atom. The van der Waals surface area contributed by atoms with Gasteiger partial charge >= 0.3 is 5.97 Å². The zero-order chi connectivity index (χ0) is 46.6. The summed E-state index contributed by atoms with van der Waals surface area (Å²) in [6, 6.07) is 12.8. The summed E-state index contributed by atoms with van der Waals surface area (Å²) in [5.41, 5.74) is 7.23. The third-order valence-electron chi connectivity index (χ3n) is 13.9. The fraction of sp³-hybridized carbons (Fsp3) is 0.640. The second-order valence-electron chi connectivity index (χ2n) is 19.1. The van der Waals surface area contributed by atoms with Crippen LogP contribution in [0.1, 0.15) is 111 Å². The second kappa shape index (κ2) is 23.6. The first-order chi connectivity index (χ1) is 31.9. The van der Waals surface area contributed by atoms with Crippen molar-refractivity contribution in [2.75, 3.05) is 89.4 Å². The highest BCUT2D eigenvalue weighted by molar-refractivity contribution is 5.79. The minimum Gasteiger partial charge on any atom is -0.481 e. The number of ether oxygens (including phenoxy) is 1. The molecule has 0 unspecified atom stereocenters. The number of aryl methyl sites for hydroxylation is 4. The van der Waals surface area contributed by atoms with Crippen molar-refractivity contribution < 1.29 is 34.1 Å². The number of nitrogens with zero attached hydrogens (tertiary/aromatic N) is 7. The molecule has 0 spiro atoms. The first-order valence-corrected chi connectivity index (χ1v) is 24.5. The highest BCUT2D eigenvalue weighted by atomic mass is 16.5. The number of aliphatic carboxylic acids is 1. The highest BCUT2D eigenvalue weighted by Gasteiger charge is 2.34. The molecule has 7 rings (SSSR count). The van der Waals surface area contributed by atoms with Gasteiger partial charge in [0.05, 0.1) is 36.6 Å². The molecule has 4 atom stereocenters. The third kappa shape index (κ3) is 13.5. The smallest absolute Gasteiger partial charge is 0.304 e. The van der Waals surface area contributed by atoms with Crippen LogP contribution in [-0.4, -0.2) is 155 Å². The van der Waals surface area contributed by atoms with Gasteiger partial charge in [-0.25, -0.2) is 9.67 Å². The number of benzene rings is 1. The molecule has 4 aliphatic rings. The number of methoxy groups -OCH3 is 1. The van der Waals surface area contributed by atoms with Gasteiger partial charge in [-0.3, -0.25) is 19.2 Å². The van der Waals surface area contributed by atoms with E-state index < -0.39 is 12.1 Å². The van der Waals surface area contributed by atoms with Crippen LogP contribution in [0.25, 0.3) is 5.69 Å². The number of β-amino-alcohol motifs (C(OH)–C–C–N with tert-alkyl or cyclic N) is 1. The molecular weight excluding hydrogens is 839 g/mol. The molecule has 0 radical (unpaired) electrons. The van der Waals surface area contributed by atoms with E-state index in [4.69, 9.17) is 14.8 Å². The third-order valence-corrected chi connectivity index (χ3v) is 13.9. The van der Waals surface area contributed by atoms with Gasteiger partial charge in [-0.2, -0.15) is 5.10 Å². The summed E-state index contributed by atoms with van der Waals surface area (Å²) in [5.74, 6) is 0.555. The minimum atomic E-state index is -0.816. The second-order valence-corrected chi connectivity index (χ2v) is 19.1. The maximum absolute atomic E-state index is 13.3. The Morgan fingerprint density at radius 1 is 0.924 bits per heavy atom. The highest BCUT2D eigenvalue weighted by Crippen LogP contribution is 2.33. The number of hydrogen-bond donors (Lipinski definition) is 4. The average Bonchev–Trinajstić information content (AvgIpc) is 4.02. The fourth-order valence-corrected chi connectivity index (χ4v) is 10.4. The van der Waals surface area contributed by atoms with Crippen molar-refractivity contribution in [2.24, 2.45) is 5.92 Å². The number of fused-ring (bicyclic) bond motifs is 1. The van der Waals surface area contributed by atoms with Gasteiger partial charge in [-0.15, -0.1) is 0 Å². The van der Waals surface area contributed by atoms with E-state index in [2.05, 4.69) is 50.8 Å². The van der Waals surface area contributed by atoms with Gasteiger partial charge in [-0.05, 0) is 126 Å². The maximum Gasteiger partial charge on any atom is 0.304 e. The number of carbonyl (C=O) groups excluding carboxylic acids is 3. The molecule has 4 N–H and O–H groups in total. The topological polar surface area (TPSA) is 186 Å². The van der Waals surface area contributed by atoms with Gasteiger partial charge in [0.15, 0.2) is 0 Å². The van der Waals surface area contributed by atoms with Crippen LogP contribution in [0.2, 0.25) is 0 Å². The van der Waals surface area contributed by atoms with Crippen LogP contribution < -0.4 is 15.5 Å². The molecule has 0 aliphatic carbocycles. The molecule has 1 aromatic carbocycles. The normalized spacial score (nSPS) is 20.3. The van der Waals surface area contributed by atoms with E-state index in [1.807, 2.05) is 29.5 Å². The Kier molecular flexibility index (Phi) is 17.5. The summed E-state index contributed by atoms with van der Waals surface area (Å²) in [6.07, 6.45) is 9.17. The first-order valence-electron chi connectivity index (χ1n) is 24.5. The van der Waals surface area contributed by atoms with Crippen molar-refractivity contribution in [1.82, 2.24) is 34.8 Å². The van der Waals surface area contributed by atoms with Gasteiger partial charge in [0.1, 0.15) is 5.82 Å². The molecule has 3 fully saturated rings. The number of amides is 3. The van der Waals surface area contributed by atoms with Crippen molar-refractivity contribution >= 4 is 35.2 Å². The standard InChI is InChI=1S/C50H73N9O7/c1-35-25-36(2)59(54-35)43-27-39(40(28-49(64)65)32-55-20-17-37(31-55)13-15-41-16-14-38-9-8-19-52-50(38)53-41)26-42(29-43)56-21-23-57(24-22-56)47(62)12-7-10-46(61)51-18-6-4-5-11-48(63)58-33-45(60)30-44(58)34-66-3/h14,16,25-27,29,37,40,44-45,60H,4-13,15,17-24,28,30-34H2,1-3H3,(H,51,61)(H,52,53)(H,64,65)/t37-,40-,44+,45-/m1/s1. The van der Waals surface area contributed by atoms with Gasteiger partial charge in [-0.1, -0.05) is 12.5 Å². The van der Waals surface area contributed by atoms with Crippen molar-refractivity contribution in [3.8, 4) is 5.69 Å².